The highest BCUT2D eigenvalue weighted by Gasteiger charge is 2.26. The highest BCUT2D eigenvalue weighted by Crippen LogP contribution is 2.40. The summed E-state index contributed by atoms with van der Waals surface area (Å²) in [5, 5.41) is 21.1. The van der Waals surface area contributed by atoms with E-state index in [2.05, 4.69) is 15.9 Å². The van der Waals surface area contributed by atoms with Crippen molar-refractivity contribution in [3.05, 3.63) is 57.7 Å². The summed E-state index contributed by atoms with van der Waals surface area (Å²) in [5.74, 6) is -0.367. The first-order valence-electron chi connectivity index (χ1n) is 8.38. The van der Waals surface area contributed by atoms with Crippen molar-refractivity contribution in [3.8, 4) is 5.75 Å². The molecule has 4 N–H and O–H groups in total. The van der Waals surface area contributed by atoms with Crippen molar-refractivity contribution in [2.24, 2.45) is 7.05 Å². The fourth-order valence-corrected chi connectivity index (χ4v) is 4.66. The number of hydrogen-bond acceptors (Lipinski definition) is 4. The van der Waals surface area contributed by atoms with Gasteiger partial charge in [0.15, 0.2) is 0 Å². The second-order valence-electron chi connectivity index (χ2n) is 6.61. The number of hydrogen-bond donors (Lipinski definition) is 2. The van der Waals surface area contributed by atoms with Crippen LogP contribution in [0.15, 0.2) is 45.8 Å². The monoisotopic (exact) mass is 502 g/mol. The minimum atomic E-state index is -0.981. The molecule has 29 heavy (non-hydrogen) atoms. The summed E-state index contributed by atoms with van der Waals surface area (Å²) >= 11 is 5.00. The third-order valence-corrected chi connectivity index (χ3v) is 6.07. The molecule has 0 spiro atoms. The smallest absolute Gasteiger partial charge is 0.338 e. The Morgan fingerprint density at radius 1 is 1.24 bits per heavy atom. The average Bonchev–Trinajstić information content (AvgIpc) is 2.90. The highest BCUT2D eigenvalue weighted by molar-refractivity contribution is 9.10. The number of aryl methyl sites for hydroxylation is 1. The van der Waals surface area contributed by atoms with Crippen LogP contribution >= 0.6 is 40.1 Å². The number of rotatable bonds is 6. The molecule has 0 unspecified atom stereocenters. The molecule has 0 bridgehead atoms. The number of aromatic nitrogens is 1. The van der Waals surface area contributed by atoms with Gasteiger partial charge in [0.1, 0.15) is 5.75 Å². The normalized spacial score (nSPS) is 10.7. The Balaban J connectivity index is 0.00000210. The second-order valence-corrected chi connectivity index (χ2v) is 8.51. The Morgan fingerprint density at radius 2 is 1.86 bits per heavy atom. The molecule has 3 aromatic rings. The van der Waals surface area contributed by atoms with E-state index in [0.717, 1.165) is 16.1 Å². The first-order chi connectivity index (χ1) is 12.8. The summed E-state index contributed by atoms with van der Waals surface area (Å²) in [5.41, 5.74) is 2.39. The van der Waals surface area contributed by atoms with Gasteiger partial charge < -0.3 is 25.2 Å². The molecule has 0 fully saturated rings. The Kier molecular flexibility index (Phi) is 9.05. The number of fused-ring (bicyclic) bond motifs is 1. The molecule has 2 aromatic carbocycles. The zero-order chi connectivity index (χ0) is 19.7. The SMILES string of the molecule is CN(C)Cc1c(O)c(Br)cc2c1c(C(=O)O)c(CSc1ccccc1)n2C.Cl.O. The Bertz CT molecular complexity index is 1010. The lowest BCUT2D eigenvalue weighted by molar-refractivity contribution is 0.0697. The van der Waals surface area contributed by atoms with E-state index in [-0.39, 0.29) is 29.2 Å². The number of phenols is 1. The van der Waals surface area contributed by atoms with Gasteiger partial charge in [0.25, 0.3) is 0 Å². The fourth-order valence-electron chi connectivity index (χ4n) is 3.22. The number of thioether (sulfide) groups is 1. The third kappa shape index (κ3) is 5.07. The predicted molar refractivity (Wildman–Crippen MR) is 123 cm³/mol. The first-order valence-corrected chi connectivity index (χ1v) is 10.2. The van der Waals surface area contributed by atoms with Gasteiger partial charge >= 0.3 is 5.97 Å². The van der Waals surface area contributed by atoms with E-state index in [4.69, 9.17) is 0 Å². The molecule has 0 amide bonds. The molecule has 0 saturated carbocycles. The summed E-state index contributed by atoms with van der Waals surface area (Å²) in [7, 11) is 5.65. The Morgan fingerprint density at radius 3 is 2.41 bits per heavy atom. The summed E-state index contributed by atoms with van der Waals surface area (Å²) < 4.78 is 2.48. The van der Waals surface area contributed by atoms with Gasteiger partial charge in [-0.15, -0.1) is 24.2 Å². The molecular formula is C20H24BrClN2O4S. The van der Waals surface area contributed by atoms with Gasteiger partial charge in [0.2, 0.25) is 0 Å². The molecule has 158 valence electrons. The minimum absolute atomic E-state index is 0. The van der Waals surface area contributed by atoms with Crippen molar-refractivity contribution in [1.29, 1.82) is 0 Å². The van der Waals surface area contributed by atoms with Crippen LogP contribution in [0, 0.1) is 0 Å². The van der Waals surface area contributed by atoms with Gasteiger partial charge in [-0.2, -0.15) is 0 Å². The van der Waals surface area contributed by atoms with Gasteiger partial charge in [-0.05, 0) is 48.2 Å². The summed E-state index contributed by atoms with van der Waals surface area (Å²) in [6.07, 6.45) is 0. The lowest BCUT2D eigenvalue weighted by Gasteiger charge is -2.14. The topological polar surface area (TPSA) is 97.2 Å². The highest BCUT2D eigenvalue weighted by atomic mass is 79.9. The number of nitrogens with zero attached hydrogens (tertiary/aromatic N) is 2. The molecule has 0 radical (unpaired) electrons. The first kappa shape index (κ1) is 25.3. The Labute approximate surface area is 188 Å². The van der Waals surface area contributed by atoms with Crippen molar-refractivity contribution in [2.75, 3.05) is 14.1 Å². The van der Waals surface area contributed by atoms with Gasteiger partial charge in [-0.25, -0.2) is 4.79 Å². The van der Waals surface area contributed by atoms with E-state index in [0.29, 0.717) is 27.7 Å². The number of benzene rings is 2. The van der Waals surface area contributed by atoms with Gasteiger partial charge in [-0.1, -0.05) is 18.2 Å². The molecule has 0 atom stereocenters. The van der Waals surface area contributed by atoms with E-state index in [1.807, 2.05) is 60.9 Å². The lowest BCUT2D eigenvalue weighted by atomic mass is 10.0. The van der Waals surface area contributed by atoms with Crippen LogP contribution in [0.2, 0.25) is 0 Å². The number of phenolic OH excluding ortho intramolecular Hbond substituents is 1. The predicted octanol–water partition coefficient (Wildman–Crippen LogP) is 4.30. The molecular weight excluding hydrogens is 480 g/mol. The van der Waals surface area contributed by atoms with E-state index in [9.17, 15) is 15.0 Å². The standard InChI is InChI=1S/C20H21BrN2O3S.ClH.H2O/c1-22(2)10-13-17-15(9-14(21)19(13)24)23(3)16(18(17)20(25)26)11-27-12-7-5-4-6-8-12;;/h4-9,24H,10-11H2,1-3H3,(H,25,26);1H;1H2. The van der Waals surface area contributed by atoms with Crippen LogP contribution in [-0.4, -0.2) is 45.2 Å². The zero-order valence-corrected chi connectivity index (χ0v) is 19.5. The largest absolute Gasteiger partial charge is 0.506 e. The van der Waals surface area contributed by atoms with Crippen LogP contribution in [0.4, 0.5) is 0 Å². The van der Waals surface area contributed by atoms with Crippen molar-refractivity contribution in [2.45, 2.75) is 17.2 Å². The quantitative estimate of drug-likeness (QED) is 0.489. The van der Waals surface area contributed by atoms with Crippen molar-refractivity contribution in [1.82, 2.24) is 9.47 Å². The van der Waals surface area contributed by atoms with Crippen LogP contribution in [0.3, 0.4) is 0 Å². The van der Waals surface area contributed by atoms with Crippen molar-refractivity contribution >= 4 is 57.0 Å². The Hall–Kier alpha value is -1.71. The number of aromatic hydroxyl groups is 1. The molecule has 0 saturated heterocycles. The maximum absolute atomic E-state index is 12.2. The van der Waals surface area contributed by atoms with E-state index in [1.54, 1.807) is 17.8 Å². The lowest BCUT2D eigenvalue weighted by Crippen LogP contribution is -2.12. The summed E-state index contributed by atoms with van der Waals surface area (Å²) in [4.78, 5) is 15.2. The molecule has 3 rings (SSSR count). The average molecular weight is 504 g/mol. The third-order valence-electron chi connectivity index (χ3n) is 4.45. The minimum Gasteiger partial charge on any atom is -0.506 e. The molecule has 0 aliphatic carbocycles. The molecule has 9 heteroatoms. The van der Waals surface area contributed by atoms with Crippen LogP contribution in [-0.2, 0) is 19.3 Å². The number of carboxylic acids is 1. The van der Waals surface area contributed by atoms with E-state index in [1.165, 1.54) is 0 Å². The van der Waals surface area contributed by atoms with E-state index < -0.39 is 5.97 Å². The molecule has 6 nitrogen and oxygen atoms in total. The van der Waals surface area contributed by atoms with Gasteiger partial charge in [-0.3, -0.25) is 0 Å². The number of carboxylic acid groups (broad SMARTS) is 1. The van der Waals surface area contributed by atoms with Crippen LogP contribution in [0.25, 0.3) is 10.9 Å². The zero-order valence-electron chi connectivity index (χ0n) is 16.3. The maximum atomic E-state index is 12.2. The van der Waals surface area contributed by atoms with Crippen molar-refractivity contribution < 1.29 is 20.5 Å². The van der Waals surface area contributed by atoms with Crippen LogP contribution in [0.5, 0.6) is 5.75 Å². The summed E-state index contributed by atoms with van der Waals surface area (Å²) in [6.45, 7) is 0.442. The molecule has 1 heterocycles. The van der Waals surface area contributed by atoms with Crippen LogP contribution < -0.4 is 0 Å². The second kappa shape index (κ2) is 10.4. The van der Waals surface area contributed by atoms with Crippen LogP contribution in [0.1, 0.15) is 21.6 Å². The maximum Gasteiger partial charge on any atom is 0.338 e. The molecule has 0 aliphatic heterocycles. The number of halogens is 2. The van der Waals surface area contributed by atoms with Gasteiger partial charge in [0, 0.05) is 40.9 Å². The van der Waals surface area contributed by atoms with E-state index >= 15 is 0 Å². The number of carbonyl (C=O) groups is 1. The van der Waals surface area contributed by atoms with Crippen molar-refractivity contribution in [3.63, 3.8) is 0 Å². The summed E-state index contributed by atoms with van der Waals surface area (Å²) in [6, 6.07) is 11.7. The fraction of sp³-hybridized carbons (Fsp3) is 0.250. The molecule has 0 aliphatic rings. The number of aromatic carboxylic acids is 1. The molecule has 1 aromatic heterocycles. The van der Waals surface area contributed by atoms with Gasteiger partial charge in [0.05, 0.1) is 15.6 Å².